The van der Waals surface area contributed by atoms with E-state index in [1.165, 1.54) is 35.5 Å². The number of nitrogens with zero attached hydrogens (tertiary/aromatic N) is 2. The van der Waals surface area contributed by atoms with Crippen molar-refractivity contribution in [2.45, 2.75) is 52.5 Å². The van der Waals surface area contributed by atoms with E-state index < -0.39 is 5.91 Å². The number of hydrogen-bond donors (Lipinski definition) is 1. The van der Waals surface area contributed by atoms with Crippen LogP contribution in [0.3, 0.4) is 0 Å². The Bertz CT molecular complexity index is 1030. The molecule has 1 amide bonds. The third-order valence-electron chi connectivity index (χ3n) is 5.86. The molecule has 0 saturated heterocycles. The maximum Gasteiger partial charge on any atom is 0.266 e. The maximum atomic E-state index is 13.1. The maximum absolute atomic E-state index is 13.1. The predicted molar refractivity (Wildman–Crippen MR) is 120 cm³/mol. The Morgan fingerprint density at radius 1 is 1.33 bits per heavy atom. The molecule has 5 heteroatoms. The van der Waals surface area contributed by atoms with Crippen molar-refractivity contribution < 1.29 is 9.18 Å². The lowest BCUT2D eigenvalue weighted by molar-refractivity contribution is -0.112. The number of anilines is 2. The van der Waals surface area contributed by atoms with Crippen LogP contribution in [0.25, 0.3) is 6.08 Å². The second-order valence-electron chi connectivity index (χ2n) is 8.56. The van der Waals surface area contributed by atoms with Crippen molar-refractivity contribution in [3.63, 3.8) is 0 Å². The van der Waals surface area contributed by atoms with Crippen molar-refractivity contribution in [2.24, 2.45) is 0 Å². The lowest BCUT2D eigenvalue weighted by atomic mass is 9.79. The molecular weight excluding hydrogens is 377 g/mol. The van der Waals surface area contributed by atoms with Crippen LogP contribution in [0.1, 0.15) is 56.7 Å². The van der Waals surface area contributed by atoms with E-state index in [0.29, 0.717) is 11.6 Å². The van der Waals surface area contributed by atoms with Gasteiger partial charge in [0, 0.05) is 23.5 Å². The van der Waals surface area contributed by atoms with E-state index in [1.54, 1.807) is 6.08 Å². The van der Waals surface area contributed by atoms with Gasteiger partial charge in [-0.25, -0.2) is 4.39 Å². The minimum Gasteiger partial charge on any atom is -0.366 e. The molecule has 4 nitrogen and oxygen atoms in total. The van der Waals surface area contributed by atoms with Gasteiger partial charge in [0.05, 0.1) is 0 Å². The number of carbonyl (C=O) groups excluding carboxylic acids is 1. The number of halogens is 1. The Hall–Kier alpha value is -3.13. The van der Waals surface area contributed by atoms with E-state index in [4.69, 9.17) is 0 Å². The summed E-state index contributed by atoms with van der Waals surface area (Å²) in [5.41, 5.74) is 4.88. The first kappa shape index (κ1) is 21.6. The summed E-state index contributed by atoms with van der Waals surface area (Å²) in [6.45, 7) is 11.9. The van der Waals surface area contributed by atoms with Crippen LogP contribution in [0.4, 0.5) is 15.8 Å². The molecule has 0 fully saturated rings. The van der Waals surface area contributed by atoms with Crippen LogP contribution in [-0.2, 0) is 4.79 Å². The number of aryl methyl sites for hydroxylation is 1. The minimum absolute atomic E-state index is 0.0125. The summed E-state index contributed by atoms with van der Waals surface area (Å²) in [6, 6.07) is 11.7. The number of fused-ring (bicyclic) bond motifs is 1. The van der Waals surface area contributed by atoms with Crippen LogP contribution in [-0.4, -0.2) is 18.0 Å². The molecule has 0 aliphatic carbocycles. The first-order valence-corrected chi connectivity index (χ1v) is 10.3. The van der Waals surface area contributed by atoms with E-state index in [1.807, 2.05) is 13.0 Å². The van der Waals surface area contributed by atoms with Gasteiger partial charge in [-0.1, -0.05) is 6.92 Å². The van der Waals surface area contributed by atoms with Crippen LogP contribution < -0.4 is 10.2 Å². The number of hydrogen-bond acceptors (Lipinski definition) is 3. The molecule has 0 spiro atoms. The summed E-state index contributed by atoms with van der Waals surface area (Å²) in [7, 11) is 0. The molecule has 2 aromatic rings. The van der Waals surface area contributed by atoms with Gasteiger partial charge in [0.1, 0.15) is 17.5 Å². The summed E-state index contributed by atoms with van der Waals surface area (Å²) in [6.07, 6.45) is 2.67. The highest BCUT2D eigenvalue weighted by atomic mass is 19.1. The molecule has 3 rings (SSSR count). The van der Waals surface area contributed by atoms with Crippen molar-refractivity contribution in [2.75, 3.05) is 16.8 Å². The smallest absolute Gasteiger partial charge is 0.266 e. The average Bonchev–Trinajstić information content (AvgIpc) is 2.68. The lowest BCUT2D eigenvalue weighted by Gasteiger charge is -2.47. The van der Waals surface area contributed by atoms with E-state index in [0.717, 1.165) is 24.1 Å². The third kappa shape index (κ3) is 4.23. The Kier molecular flexibility index (Phi) is 5.98. The van der Waals surface area contributed by atoms with Crippen molar-refractivity contribution in [3.8, 4) is 6.07 Å². The van der Waals surface area contributed by atoms with Gasteiger partial charge >= 0.3 is 0 Å². The standard InChI is InChI=1S/C25H28FN3O/c1-6-29-23-11-16(2)18(13-22(23)17(3)14-25(29,4)5)12-19(15-27)24(30)28-21-9-7-20(26)8-10-21/h7-13,17H,6,14H2,1-5H3,(H,28,30)/b19-12-/t17-/m1/s1. The Labute approximate surface area is 178 Å². The molecule has 0 aromatic heterocycles. The summed E-state index contributed by atoms with van der Waals surface area (Å²) in [4.78, 5) is 15.0. The molecule has 30 heavy (non-hydrogen) atoms. The Morgan fingerprint density at radius 3 is 2.60 bits per heavy atom. The largest absolute Gasteiger partial charge is 0.366 e. The molecule has 156 valence electrons. The van der Waals surface area contributed by atoms with Gasteiger partial charge in [-0.15, -0.1) is 0 Å². The molecule has 1 aliphatic heterocycles. The van der Waals surface area contributed by atoms with Crippen LogP contribution in [0, 0.1) is 24.1 Å². The minimum atomic E-state index is -0.509. The highest BCUT2D eigenvalue weighted by Crippen LogP contribution is 2.44. The zero-order valence-electron chi connectivity index (χ0n) is 18.2. The van der Waals surface area contributed by atoms with Crippen LogP contribution in [0.2, 0.25) is 0 Å². The van der Waals surface area contributed by atoms with Gasteiger partial charge < -0.3 is 10.2 Å². The lowest BCUT2D eigenvalue weighted by Crippen LogP contribution is -2.48. The molecule has 0 radical (unpaired) electrons. The van der Waals surface area contributed by atoms with Gasteiger partial charge in [0.15, 0.2) is 0 Å². The van der Waals surface area contributed by atoms with Gasteiger partial charge in [0.2, 0.25) is 0 Å². The number of benzene rings is 2. The first-order chi connectivity index (χ1) is 14.2. The monoisotopic (exact) mass is 405 g/mol. The molecule has 0 unspecified atom stereocenters. The highest BCUT2D eigenvalue weighted by molar-refractivity contribution is 6.09. The molecule has 0 saturated carbocycles. The fourth-order valence-corrected chi connectivity index (χ4v) is 4.44. The normalized spacial score (nSPS) is 17.8. The number of nitriles is 1. The number of nitrogens with one attached hydrogen (secondary N) is 1. The summed E-state index contributed by atoms with van der Waals surface area (Å²) in [5, 5.41) is 12.2. The summed E-state index contributed by atoms with van der Waals surface area (Å²) >= 11 is 0. The number of carbonyl (C=O) groups is 1. The van der Waals surface area contributed by atoms with Crippen LogP contribution >= 0.6 is 0 Å². The quantitative estimate of drug-likeness (QED) is 0.517. The fourth-order valence-electron chi connectivity index (χ4n) is 4.44. The average molecular weight is 406 g/mol. The zero-order valence-corrected chi connectivity index (χ0v) is 18.2. The second-order valence-corrected chi connectivity index (χ2v) is 8.56. The predicted octanol–water partition coefficient (Wildman–Crippen LogP) is 5.79. The van der Waals surface area contributed by atoms with Crippen LogP contribution in [0.5, 0.6) is 0 Å². The molecule has 1 aliphatic rings. The number of amides is 1. The van der Waals surface area contributed by atoms with Gasteiger partial charge in [-0.3, -0.25) is 4.79 Å². The van der Waals surface area contributed by atoms with E-state index in [-0.39, 0.29) is 16.9 Å². The van der Waals surface area contributed by atoms with E-state index >= 15 is 0 Å². The third-order valence-corrected chi connectivity index (χ3v) is 5.86. The van der Waals surface area contributed by atoms with Gasteiger partial charge in [-0.05, 0) is 99.2 Å². The topological polar surface area (TPSA) is 56.1 Å². The number of rotatable bonds is 4. The Balaban J connectivity index is 1.96. The molecule has 2 aromatic carbocycles. The van der Waals surface area contributed by atoms with Crippen molar-refractivity contribution in [1.82, 2.24) is 0 Å². The SMILES string of the molecule is CCN1c2cc(C)c(/C=C(/C#N)C(=O)Nc3ccc(F)cc3)cc2[C@H](C)CC1(C)C. The molecular formula is C25H28FN3O. The zero-order chi connectivity index (χ0) is 22.1. The molecule has 0 bridgehead atoms. The molecule has 1 N–H and O–H groups in total. The van der Waals surface area contributed by atoms with Crippen molar-refractivity contribution in [3.05, 3.63) is 64.5 Å². The van der Waals surface area contributed by atoms with Crippen molar-refractivity contribution in [1.29, 1.82) is 5.26 Å². The van der Waals surface area contributed by atoms with Gasteiger partial charge in [-0.2, -0.15) is 5.26 Å². The van der Waals surface area contributed by atoms with E-state index in [9.17, 15) is 14.4 Å². The van der Waals surface area contributed by atoms with E-state index in [2.05, 4.69) is 50.0 Å². The van der Waals surface area contributed by atoms with Crippen molar-refractivity contribution >= 4 is 23.4 Å². The molecule has 1 heterocycles. The first-order valence-electron chi connectivity index (χ1n) is 10.3. The van der Waals surface area contributed by atoms with Crippen LogP contribution in [0.15, 0.2) is 42.0 Å². The highest BCUT2D eigenvalue weighted by Gasteiger charge is 2.35. The van der Waals surface area contributed by atoms with Gasteiger partial charge in [0.25, 0.3) is 5.91 Å². The fraction of sp³-hybridized carbons (Fsp3) is 0.360. The Morgan fingerprint density at radius 2 is 2.00 bits per heavy atom. The molecule has 1 atom stereocenters. The second kappa shape index (κ2) is 8.31. The summed E-state index contributed by atoms with van der Waals surface area (Å²) in [5.74, 6) is -0.512. The summed E-state index contributed by atoms with van der Waals surface area (Å²) < 4.78 is 13.1.